The number of aromatic amines is 1. The van der Waals surface area contributed by atoms with Gasteiger partial charge in [0.05, 0.1) is 11.8 Å². The highest BCUT2D eigenvalue weighted by molar-refractivity contribution is 5.29. The number of H-pyrrole nitrogens is 1. The van der Waals surface area contributed by atoms with Crippen LogP contribution in [0.4, 0.5) is 0 Å². The van der Waals surface area contributed by atoms with Crippen LogP contribution in [-0.4, -0.2) is 33.1 Å². The maximum atomic E-state index is 12.4. The van der Waals surface area contributed by atoms with Gasteiger partial charge in [0, 0.05) is 30.6 Å². The number of hydrogen-bond donors (Lipinski definition) is 1. The van der Waals surface area contributed by atoms with E-state index in [0.29, 0.717) is 12.1 Å². The first-order valence-corrected chi connectivity index (χ1v) is 9.59. The summed E-state index contributed by atoms with van der Waals surface area (Å²) < 4.78 is 5.74. The summed E-state index contributed by atoms with van der Waals surface area (Å²) >= 11 is 0. The molecule has 1 aromatic heterocycles. The van der Waals surface area contributed by atoms with Crippen molar-refractivity contribution in [2.75, 3.05) is 0 Å². The van der Waals surface area contributed by atoms with Crippen molar-refractivity contribution in [3.63, 3.8) is 0 Å². The number of benzene rings is 1. The molecule has 2 atom stereocenters. The monoisotopic (exact) mass is 353 g/mol. The second-order valence-corrected chi connectivity index (χ2v) is 7.85. The minimum Gasteiger partial charge on any atom is -0.491 e. The summed E-state index contributed by atoms with van der Waals surface area (Å²) in [5, 5.41) is 0. The summed E-state index contributed by atoms with van der Waals surface area (Å²) in [5.41, 5.74) is 3.25. The fourth-order valence-corrected chi connectivity index (χ4v) is 4.37. The molecule has 0 spiro atoms. The minimum atomic E-state index is 0.0511. The number of fused-ring (bicyclic) bond motifs is 3. The molecule has 2 aromatic rings. The Hall–Kier alpha value is -2.14. The Morgan fingerprint density at radius 3 is 2.58 bits per heavy atom. The van der Waals surface area contributed by atoms with E-state index < -0.39 is 0 Å². The van der Waals surface area contributed by atoms with Crippen LogP contribution in [0.1, 0.15) is 49.3 Å². The average molecular weight is 353 g/mol. The SMILES string of the molecule is Cc1nc2c(c(=O)[nH]1)C[C@H]1CC[C@H](C2)N1Cc1ccc(OC(C)C)cc1. The van der Waals surface area contributed by atoms with Crippen LogP contribution in [-0.2, 0) is 19.4 Å². The van der Waals surface area contributed by atoms with Crippen molar-refractivity contribution in [1.29, 1.82) is 0 Å². The molecular weight excluding hydrogens is 326 g/mol. The Balaban J connectivity index is 1.54. The van der Waals surface area contributed by atoms with Crippen molar-refractivity contribution < 1.29 is 4.74 Å². The van der Waals surface area contributed by atoms with Crippen molar-refractivity contribution in [3.8, 4) is 5.75 Å². The Kier molecular flexibility index (Phi) is 4.57. The van der Waals surface area contributed by atoms with Crippen molar-refractivity contribution in [2.24, 2.45) is 0 Å². The number of ether oxygens (including phenoxy) is 1. The third-order valence-corrected chi connectivity index (χ3v) is 5.52. The standard InChI is InChI=1S/C21H27N3O2/c1-13(2)26-18-8-4-15(5-9-18)12-24-16-6-7-17(24)11-20-19(10-16)21(25)23-14(3)22-20/h4-5,8-9,13,16-17H,6-7,10-12H2,1-3H3,(H,22,23,25)/t16-,17-/m1/s1. The molecule has 3 heterocycles. The molecule has 138 valence electrons. The first-order valence-electron chi connectivity index (χ1n) is 9.59. The molecule has 4 rings (SSSR count). The summed E-state index contributed by atoms with van der Waals surface area (Å²) in [6.45, 7) is 6.86. The lowest BCUT2D eigenvalue weighted by atomic mass is 9.98. The van der Waals surface area contributed by atoms with Crippen LogP contribution in [0.3, 0.4) is 0 Å². The molecule has 1 aromatic carbocycles. The number of nitrogens with zero attached hydrogens (tertiary/aromatic N) is 2. The molecule has 1 fully saturated rings. The van der Waals surface area contributed by atoms with E-state index in [0.717, 1.165) is 48.6 Å². The van der Waals surface area contributed by atoms with E-state index in [1.165, 1.54) is 12.0 Å². The van der Waals surface area contributed by atoms with Gasteiger partial charge in [-0.1, -0.05) is 12.1 Å². The predicted octanol–water partition coefficient (Wildman–Crippen LogP) is 3.00. The molecule has 26 heavy (non-hydrogen) atoms. The molecule has 1 N–H and O–H groups in total. The molecule has 1 saturated heterocycles. The number of aryl methyl sites for hydroxylation is 1. The van der Waals surface area contributed by atoms with Gasteiger partial charge in [-0.15, -0.1) is 0 Å². The van der Waals surface area contributed by atoms with Gasteiger partial charge in [-0.2, -0.15) is 0 Å². The summed E-state index contributed by atoms with van der Waals surface area (Å²) in [5.74, 6) is 1.64. The van der Waals surface area contributed by atoms with Crippen LogP contribution in [0, 0.1) is 6.92 Å². The summed E-state index contributed by atoms with van der Waals surface area (Å²) in [6, 6.07) is 9.33. The molecule has 0 aliphatic carbocycles. The van der Waals surface area contributed by atoms with Gasteiger partial charge in [-0.05, 0) is 57.7 Å². The molecule has 0 amide bonds. The van der Waals surface area contributed by atoms with Crippen molar-refractivity contribution in [3.05, 3.63) is 57.3 Å². The van der Waals surface area contributed by atoms with Gasteiger partial charge in [0.25, 0.3) is 5.56 Å². The molecule has 5 heteroatoms. The first-order chi connectivity index (χ1) is 12.5. The van der Waals surface area contributed by atoms with Gasteiger partial charge in [0.15, 0.2) is 0 Å². The van der Waals surface area contributed by atoms with E-state index in [-0.39, 0.29) is 11.7 Å². The van der Waals surface area contributed by atoms with Crippen molar-refractivity contribution >= 4 is 0 Å². The lowest BCUT2D eigenvalue weighted by Gasteiger charge is -2.28. The quantitative estimate of drug-likeness (QED) is 0.918. The summed E-state index contributed by atoms with van der Waals surface area (Å²) in [7, 11) is 0. The predicted molar refractivity (Wildman–Crippen MR) is 102 cm³/mol. The summed E-state index contributed by atoms with van der Waals surface area (Å²) in [4.78, 5) is 22.5. The van der Waals surface area contributed by atoms with Crippen LogP contribution in [0.2, 0.25) is 0 Å². The Bertz CT molecular complexity index is 841. The van der Waals surface area contributed by atoms with Crippen molar-refractivity contribution in [2.45, 2.75) is 71.2 Å². The molecule has 0 radical (unpaired) electrons. The largest absolute Gasteiger partial charge is 0.491 e. The number of aromatic nitrogens is 2. The third kappa shape index (κ3) is 3.40. The topological polar surface area (TPSA) is 58.2 Å². The zero-order valence-electron chi connectivity index (χ0n) is 15.8. The Morgan fingerprint density at radius 1 is 1.19 bits per heavy atom. The normalized spacial score (nSPS) is 22.3. The molecule has 0 unspecified atom stereocenters. The van der Waals surface area contributed by atoms with Gasteiger partial charge in [0.1, 0.15) is 11.6 Å². The highest BCUT2D eigenvalue weighted by atomic mass is 16.5. The fraction of sp³-hybridized carbons (Fsp3) is 0.524. The van der Waals surface area contributed by atoms with Gasteiger partial charge in [-0.3, -0.25) is 9.69 Å². The Labute approximate surface area is 154 Å². The molecular formula is C21H27N3O2. The lowest BCUT2D eigenvalue weighted by molar-refractivity contribution is 0.187. The Morgan fingerprint density at radius 2 is 1.88 bits per heavy atom. The smallest absolute Gasteiger partial charge is 0.254 e. The van der Waals surface area contributed by atoms with E-state index in [4.69, 9.17) is 4.74 Å². The molecule has 2 bridgehead atoms. The van der Waals surface area contributed by atoms with Crippen LogP contribution < -0.4 is 10.3 Å². The van der Waals surface area contributed by atoms with Crippen molar-refractivity contribution in [1.82, 2.24) is 14.9 Å². The average Bonchev–Trinajstić information content (AvgIpc) is 2.84. The van der Waals surface area contributed by atoms with E-state index >= 15 is 0 Å². The second-order valence-electron chi connectivity index (χ2n) is 7.85. The zero-order chi connectivity index (χ0) is 18.3. The number of rotatable bonds is 4. The first kappa shape index (κ1) is 17.3. The highest BCUT2D eigenvalue weighted by Crippen LogP contribution is 2.34. The van der Waals surface area contributed by atoms with Gasteiger partial charge < -0.3 is 9.72 Å². The maximum absolute atomic E-state index is 12.4. The van der Waals surface area contributed by atoms with E-state index in [2.05, 4.69) is 39.1 Å². The maximum Gasteiger partial charge on any atom is 0.254 e. The number of nitrogens with one attached hydrogen (secondary N) is 1. The van der Waals surface area contributed by atoms with Crippen LogP contribution in [0.25, 0.3) is 0 Å². The van der Waals surface area contributed by atoms with E-state index in [1.54, 1.807) is 0 Å². The van der Waals surface area contributed by atoms with Gasteiger partial charge in [0.2, 0.25) is 0 Å². The zero-order valence-corrected chi connectivity index (χ0v) is 15.8. The van der Waals surface area contributed by atoms with Gasteiger partial charge in [-0.25, -0.2) is 4.98 Å². The second kappa shape index (κ2) is 6.88. The summed E-state index contributed by atoms with van der Waals surface area (Å²) in [6.07, 6.45) is 4.22. The fourth-order valence-electron chi connectivity index (χ4n) is 4.37. The van der Waals surface area contributed by atoms with Crippen LogP contribution >= 0.6 is 0 Å². The van der Waals surface area contributed by atoms with Crippen LogP contribution in [0.5, 0.6) is 5.75 Å². The third-order valence-electron chi connectivity index (χ3n) is 5.52. The van der Waals surface area contributed by atoms with Gasteiger partial charge >= 0.3 is 0 Å². The highest BCUT2D eigenvalue weighted by Gasteiger charge is 2.38. The molecule has 5 nitrogen and oxygen atoms in total. The molecule has 2 aliphatic heterocycles. The molecule has 2 aliphatic rings. The van der Waals surface area contributed by atoms with Crippen LogP contribution in [0.15, 0.2) is 29.1 Å². The number of hydrogen-bond acceptors (Lipinski definition) is 4. The minimum absolute atomic E-state index is 0.0511. The lowest BCUT2D eigenvalue weighted by Crippen LogP contribution is -2.36. The van der Waals surface area contributed by atoms with E-state index in [1.807, 2.05) is 20.8 Å². The molecule has 0 saturated carbocycles. The van der Waals surface area contributed by atoms with E-state index in [9.17, 15) is 4.79 Å².